The highest BCUT2D eigenvalue weighted by Gasteiger charge is 2.24. The van der Waals surface area contributed by atoms with Gasteiger partial charge >= 0.3 is 0 Å². The smallest absolute Gasteiger partial charge is 0.272 e. The summed E-state index contributed by atoms with van der Waals surface area (Å²) in [5.74, 6) is 0.00293. The molecule has 284 valence electrons. The summed E-state index contributed by atoms with van der Waals surface area (Å²) in [7, 11) is 4.51. The van der Waals surface area contributed by atoms with Crippen molar-refractivity contribution in [2.45, 2.75) is 24.0 Å². The van der Waals surface area contributed by atoms with Gasteiger partial charge in [0.15, 0.2) is 16.6 Å². The van der Waals surface area contributed by atoms with E-state index in [1.165, 1.54) is 50.5 Å². The minimum Gasteiger partial charge on any atom is -0.496 e. The van der Waals surface area contributed by atoms with E-state index < -0.39 is 17.1 Å². The molecule has 0 aliphatic rings. The van der Waals surface area contributed by atoms with Crippen molar-refractivity contribution in [1.82, 2.24) is 10.3 Å². The summed E-state index contributed by atoms with van der Waals surface area (Å²) in [6.07, 6.45) is 1.51. The van der Waals surface area contributed by atoms with Crippen molar-refractivity contribution in [3.63, 3.8) is 0 Å². The predicted molar refractivity (Wildman–Crippen MR) is 224 cm³/mol. The zero-order valence-corrected chi connectivity index (χ0v) is 33.0. The quantitative estimate of drug-likeness (QED) is 0.0737. The summed E-state index contributed by atoms with van der Waals surface area (Å²) >= 11 is 2.81. The van der Waals surface area contributed by atoms with E-state index in [1.807, 2.05) is 80.6 Å². The third kappa shape index (κ3) is 9.64. The van der Waals surface area contributed by atoms with Crippen LogP contribution in [0, 0.1) is 13.8 Å². The number of benzene rings is 5. The number of thiazole rings is 1. The lowest BCUT2D eigenvalue weighted by molar-refractivity contribution is -0.116. The van der Waals surface area contributed by atoms with Gasteiger partial charge in [0.1, 0.15) is 16.7 Å². The molecule has 10 nitrogen and oxygen atoms in total. The molecule has 1 unspecified atom stereocenters. The molecule has 5 aromatic carbocycles. The number of methoxy groups -OCH3 is 3. The summed E-state index contributed by atoms with van der Waals surface area (Å²) < 4.78 is 16.5. The first-order valence-electron chi connectivity index (χ1n) is 17.5. The van der Waals surface area contributed by atoms with Crippen LogP contribution in [0.15, 0.2) is 132 Å². The van der Waals surface area contributed by atoms with E-state index in [2.05, 4.69) is 16.0 Å². The van der Waals surface area contributed by atoms with Crippen molar-refractivity contribution in [3.8, 4) is 28.5 Å². The van der Waals surface area contributed by atoms with Gasteiger partial charge in [-0.1, -0.05) is 78.4 Å². The number of ether oxygens (including phenoxy) is 3. The van der Waals surface area contributed by atoms with Crippen LogP contribution in [0.3, 0.4) is 0 Å². The maximum absolute atomic E-state index is 13.9. The molecular weight excluding hydrogens is 745 g/mol. The van der Waals surface area contributed by atoms with E-state index in [-0.39, 0.29) is 11.6 Å². The Hall–Kier alpha value is -6.37. The molecule has 3 amide bonds. The van der Waals surface area contributed by atoms with Gasteiger partial charge in [-0.05, 0) is 68.0 Å². The lowest BCUT2D eigenvalue weighted by Gasteiger charge is -2.17. The molecule has 6 rings (SSSR count). The van der Waals surface area contributed by atoms with Crippen molar-refractivity contribution in [2.24, 2.45) is 0 Å². The Bertz CT molecular complexity index is 2350. The van der Waals surface area contributed by atoms with E-state index >= 15 is 0 Å². The first-order valence-corrected chi connectivity index (χ1v) is 19.2. The Morgan fingerprint density at radius 1 is 0.732 bits per heavy atom. The molecule has 1 atom stereocenters. The predicted octanol–water partition coefficient (Wildman–Crippen LogP) is 9.33. The fraction of sp³-hybridized carbons (Fsp3) is 0.136. The standard InChI is InChI=1S/C44H40N4O6S2/c1-27-16-18-29(19-17-27)39-28(2)55-44(47-39)48-43(51)40(30-12-8-6-9-13-30)56-34-22-20-33(21-23-34)45-42(50)35(46-41(49)31-14-10-7-11-15-31)24-32-25-37(53-4)38(54-5)26-36(32)52-3/h6-26,40H,1-5H3,(H,45,50)(H,46,49)(H,47,48,51)/b35-24-. The highest BCUT2D eigenvalue weighted by molar-refractivity contribution is 8.00. The minimum absolute atomic E-state index is 0.0356. The highest BCUT2D eigenvalue weighted by Crippen LogP contribution is 2.39. The summed E-state index contributed by atoms with van der Waals surface area (Å²) in [5, 5.41) is 8.62. The van der Waals surface area contributed by atoms with E-state index in [9.17, 15) is 14.4 Å². The topological polar surface area (TPSA) is 128 Å². The number of amides is 3. The summed E-state index contributed by atoms with van der Waals surface area (Å²) in [5.41, 5.74) is 5.11. The van der Waals surface area contributed by atoms with Gasteiger partial charge in [0, 0.05) is 38.2 Å². The van der Waals surface area contributed by atoms with Crippen LogP contribution in [0.4, 0.5) is 10.8 Å². The normalized spacial score (nSPS) is 11.6. The monoisotopic (exact) mass is 784 g/mol. The number of nitrogens with one attached hydrogen (secondary N) is 3. The molecule has 3 N–H and O–H groups in total. The Labute approximate surface area is 333 Å². The van der Waals surface area contributed by atoms with E-state index in [1.54, 1.807) is 54.6 Å². The number of anilines is 2. The fourth-order valence-corrected chi connectivity index (χ4v) is 7.58. The highest BCUT2D eigenvalue weighted by atomic mass is 32.2. The van der Waals surface area contributed by atoms with Crippen molar-refractivity contribution in [1.29, 1.82) is 0 Å². The second-order valence-corrected chi connectivity index (χ2v) is 14.9. The molecule has 0 bridgehead atoms. The van der Waals surface area contributed by atoms with Gasteiger partial charge in [-0.3, -0.25) is 14.4 Å². The lowest BCUT2D eigenvalue weighted by Crippen LogP contribution is -2.30. The second kappa shape index (κ2) is 18.3. The summed E-state index contributed by atoms with van der Waals surface area (Å²) in [6, 6.07) is 36.7. The summed E-state index contributed by atoms with van der Waals surface area (Å²) in [4.78, 5) is 47.6. The van der Waals surface area contributed by atoms with E-state index in [4.69, 9.17) is 19.2 Å². The van der Waals surface area contributed by atoms with E-state index in [0.29, 0.717) is 39.2 Å². The number of hydrogen-bond donors (Lipinski definition) is 3. The van der Waals surface area contributed by atoms with Crippen molar-refractivity contribution >= 4 is 57.7 Å². The molecule has 0 spiro atoms. The van der Waals surface area contributed by atoms with Crippen LogP contribution in [0.1, 0.15) is 37.2 Å². The number of aryl methyl sites for hydroxylation is 2. The fourth-order valence-electron chi connectivity index (χ4n) is 5.72. The Morgan fingerprint density at radius 2 is 1.36 bits per heavy atom. The first-order chi connectivity index (χ1) is 27.1. The molecule has 0 saturated heterocycles. The minimum atomic E-state index is -0.595. The Kier molecular flexibility index (Phi) is 12.9. The van der Waals surface area contributed by atoms with Gasteiger partial charge in [-0.15, -0.1) is 23.1 Å². The molecule has 0 radical (unpaired) electrons. The van der Waals surface area contributed by atoms with Crippen molar-refractivity contribution in [3.05, 3.63) is 154 Å². The number of carbonyl (C=O) groups is 3. The number of rotatable bonds is 14. The van der Waals surface area contributed by atoms with Gasteiger partial charge < -0.3 is 30.2 Å². The molecular formula is C44H40N4O6S2. The van der Waals surface area contributed by atoms with Crippen LogP contribution < -0.4 is 30.2 Å². The molecule has 0 saturated carbocycles. The first kappa shape index (κ1) is 39.3. The van der Waals surface area contributed by atoms with Crippen LogP contribution in [0.2, 0.25) is 0 Å². The summed E-state index contributed by atoms with van der Waals surface area (Å²) in [6.45, 7) is 4.03. The van der Waals surface area contributed by atoms with Gasteiger partial charge in [-0.2, -0.15) is 0 Å². The number of hydrogen-bond acceptors (Lipinski definition) is 9. The largest absolute Gasteiger partial charge is 0.496 e. The van der Waals surface area contributed by atoms with Gasteiger partial charge in [0.25, 0.3) is 11.8 Å². The molecule has 1 heterocycles. The third-order valence-electron chi connectivity index (χ3n) is 8.62. The van der Waals surface area contributed by atoms with Crippen LogP contribution in [0.5, 0.6) is 17.2 Å². The lowest BCUT2D eigenvalue weighted by atomic mass is 10.1. The molecule has 1 aromatic heterocycles. The maximum Gasteiger partial charge on any atom is 0.272 e. The van der Waals surface area contributed by atoms with Crippen molar-refractivity contribution in [2.75, 3.05) is 32.0 Å². The average molecular weight is 785 g/mol. The SMILES string of the molecule is COc1cc(OC)c(OC)cc1/C=C(\NC(=O)c1ccccc1)C(=O)Nc1ccc(SC(C(=O)Nc2nc(-c3ccc(C)cc3)c(C)s2)c2ccccc2)cc1. The van der Waals surface area contributed by atoms with Gasteiger partial charge in [0.05, 0.1) is 27.0 Å². The molecule has 0 fully saturated rings. The van der Waals surface area contributed by atoms with Gasteiger partial charge in [-0.25, -0.2) is 4.98 Å². The van der Waals surface area contributed by atoms with Gasteiger partial charge in [0.2, 0.25) is 5.91 Å². The second-order valence-electron chi connectivity index (χ2n) is 12.5. The number of aromatic nitrogens is 1. The number of carbonyl (C=O) groups excluding carboxylic acids is 3. The van der Waals surface area contributed by atoms with E-state index in [0.717, 1.165) is 32.2 Å². The van der Waals surface area contributed by atoms with Crippen LogP contribution in [-0.4, -0.2) is 44.0 Å². The Morgan fingerprint density at radius 3 is 2.00 bits per heavy atom. The molecule has 0 aliphatic heterocycles. The molecule has 6 aromatic rings. The maximum atomic E-state index is 13.9. The third-order valence-corrected chi connectivity index (χ3v) is 10.8. The van der Waals surface area contributed by atoms with Crippen LogP contribution >= 0.6 is 23.1 Å². The zero-order valence-electron chi connectivity index (χ0n) is 31.4. The zero-order chi connectivity index (χ0) is 39.6. The molecule has 56 heavy (non-hydrogen) atoms. The molecule has 12 heteroatoms. The van der Waals surface area contributed by atoms with Crippen LogP contribution in [0.25, 0.3) is 17.3 Å². The average Bonchev–Trinajstić information content (AvgIpc) is 3.59. The van der Waals surface area contributed by atoms with Crippen LogP contribution in [-0.2, 0) is 9.59 Å². The van der Waals surface area contributed by atoms with Crippen molar-refractivity contribution < 1.29 is 28.6 Å². The number of thioether (sulfide) groups is 1. The number of nitrogens with zero attached hydrogens (tertiary/aromatic N) is 1. The molecule has 0 aliphatic carbocycles. The Balaban J connectivity index is 1.22.